The Morgan fingerprint density at radius 1 is 1.04 bits per heavy atom. The Morgan fingerprint density at radius 2 is 1.75 bits per heavy atom. The molecule has 0 aliphatic carbocycles. The first-order valence-corrected chi connectivity index (χ1v) is 9.97. The van der Waals surface area contributed by atoms with Gasteiger partial charge in [0.1, 0.15) is 5.82 Å². The number of anilines is 2. The molecule has 2 aromatic rings. The van der Waals surface area contributed by atoms with Crippen molar-refractivity contribution >= 4 is 17.5 Å². The van der Waals surface area contributed by atoms with Crippen LogP contribution in [0.5, 0.6) is 0 Å². The van der Waals surface area contributed by atoms with E-state index in [0.717, 1.165) is 19.5 Å². The fraction of sp³-hybridized carbons (Fsp3) is 0.476. The number of halogens is 1. The van der Waals surface area contributed by atoms with Crippen molar-refractivity contribution in [1.82, 2.24) is 14.9 Å². The number of hydrogen-bond acceptors (Lipinski definition) is 5. The summed E-state index contributed by atoms with van der Waals surface area (Å²) in [7, 11) is 0. The largest absolute Gasteiger partial charge is 0.366 e. The summed E-state index contributed by atoms with van der Waals surface area (Å²) < 4.78 is 14.0. The molecule has 148 valence electrons. The van der Waals surface area contributed by atoms with Gasteiger partial charge in [0.25, 0.3) is 5.91 Å². The van der Waals surface area contributed by atoms with Gasteiger partial charge in [0.15, 0.2) is 0 Å². The second-order valence-corrected chi connectivity index (χ2v) is 7.70. The molecule has 28 heavy (non-hydrogen) atoms. The molecule has 1 atom stereocenters. The molecule has 1 aromatic heterocycles. The average molecular weight is 383 g/mol. The smallest absolute Gasteiger partial charge is 0.257 e. The molecular formula is C21H26FN5O. The van der Waals surface area contributed by atoms with Gasteiger partial charge in [-0.25, -0.2) is 14.4 Å². The number of para-hydroxylation sites is 1. The van der Waals surface area contributed by atoms with Crippen molar-refractivity contribution in [3.05, 3.63) is 48.0 Å². The van der Waals surface area contributed by atoms with Crippen LogP contribution in [0.15, 0.2) is 36.7 Å². The van der Waals surface area contributed by atoms with Crippen molar-refractivity contribution in [3.8, 4) is 0 Å². The molecule has 0 spiro atoms. The first-order chi connectivity index (χ1) is 13.6. The van der Waals surface area contributed by atoms with Crippen LogP contribution < -0.4 is 9.80 Å². The molecule has 0 bridgehead atoms. The summed E-state index contributed by atoms with van der Waals surface area (Å²) in [5.41, 5.74) is 1.10. The van der Waals surface area contributed by atoms with E-state index in [9.17, 15) is 9.18 Å². The van der Waals surface area contributed by atoms with Crippen LogP contribution in [0.1, 0.15) is 30.1 Å². The van der Waals surface area contributed by atoms with Gasteiger partial charge in [-0.05, 0) is 30.9 Å². The van der Waals surface area contributed by atoms with E-state index in [-0.39, 0.29) is 11.7 Å². The normalized spacial score (nSPS) is 20.4. The van der Waals surface area contributed by atoms with Crippen LogP contribution in [0, 0.1) is 11.7 Å². The molecule has 0 saturated carbocycles. The average Bonchev–Trinajstić information content (AvgIpc) is 2.74. The summed E-state index contributed by atoms with van der Waals surface area (Å²) in [6.45, 7) is 6.50. The molecule has 0 N–H and O–H groups in total. The van der Waals surface area contributed by atoms with Crippen molar-refractivity contribution in [3.63, 3.8) is 0 Å². The molecule has 2 saturated heterocycles. The third kappa shape index (κ3) is 3.93. The first-order valence-electron chi connectivity index (χ1n) is 9.97. The Labute approximate surface area is 165 Å². The third-order valence-corrected chi connectivity index (χ3v) is 5.59. The highest BCUT2D eigenvalue weighted by Gasteiger charge is 2.24. The van der Waals surface area contributed by atoms with Crippen LogP contribution in [-0.2, 0) is 0 Å². The van der Waals surface area contributed by atoms with E-state index in [1.807, 2.05) is 11.0 Å². The molecule has 4 rings (SSSR count). The van der Waals surface area contributed by atoms with Crippen LogP contribution in [-0.4, -0.2) is 60.0 Å². The highest BCUT2D eigenvalue weighted by atomic mass is 19.1. The molecule has 7 heteroatoms. The van der Waals surface area contributed by atoms with Gasteiger partial charge in [-0.15, -0.1) is 0 Å². The van der Waals surface area contributed by atoms with Gasteiger partial charge in [0.05, 0.1) is 11.3 Å². The van der Waals surface area contributed by atoms with Gasteiger partial charge in [-0.3, -0.25) is 4.79 Å². The van der Waals surface area contributed by atoms with Crippen molar-refractivity contribution in [2.45, 2.75) is 19.8 Å². The summed E-state index contributed by atoms with van der Waals surface area (Å²) in [4.78, 5) is 27.6. The van der Waals surface area contributed by atoms with Crippen LogP contribution in [0.2, 0.25) is 0 Å². The lowest BCUT2D eigenvalue weighted by molar-refractivity contribution is 0.0746. The zero-order valence-electron chi connectivity index (χ0n) is 16.2. The Balaban J connectivity index is 1.37. The predicted octanol–water partition coefficient (Wildman–Crippen LogP) is 2.81. The van der Waals surface area contributed by atoms with E-state index >= 15 is 0 Å². The number of carbonyl (C=O) groups is 1. The zero-order chi connectivity index (χ0) is 19.5. The number of benzene rings is 1. The quantitative estimate of drug-likeness (QED) is 0.816. The van der Waals surface area contributed by atoms with E-state index in [4.69, 9.17) is 0 Å². The van der Waals surface area contributed by atoms with Crippen LogP contribution in [0.4, 0.5) is 16.0 Å². The number of hydrogen-bond donors (Lipinski definition) is 0. The zero-order valence-corrected chi connectivity index (χ0v) is 16.2. The third-order valence-electron chi connectivity index (χ3n) is 5.59. The number of piperidine rings is 1. The van der Waals surface area contributed by atoms with Gasteiger partial charge < -0.3 is 14.7 Å². The maximum Gasteiger partial charge on any atom is 0.257 e. The highest BCUT2D eigenvalue weighted by Crippen LogP contribution is 2.22. The molecule has 2 fully saturated rings. The molecule has 0 radical (unpaired) electrons. The van der Waals surface area contributed by atoms with Gasteiger partial charge in [0.2, 0.25) is 5.95 Å². The Morgan fingerprint density at radius 3 is 2.43 bits per heavy atom. The number of piperazine rings is 1. The summed E-state index contributed by atoms with van der Waals surface area (Å²) in [5.74, 6) is 1.06. The van der Waals surface area contributed by atoms with Crippen LogP contribution >= 0.6 is 0 Å². The Kier molecular flexibility index (Phi) is 5.41. The lowest BCUT2D eigenvalue weighted by Crippen LogP contribution is -2.49. The van der Waals surface area contributed by atoms with Gasteiger partial charge in [-0.1, -0.05) is 19.1 Å². The number of rotatable bonds is 3. The molecule has 1 unspecified atom stereocenters. The van der Waals surface area contributed by atoms with Crippen molar-refractivity contribution in [2.24, 2.45) is 5.92 Å². The molecule has 6 nitrogen and oxygen atoms in total. The number of amides is 1. The SMILES string of the molecule is CC1CCCN(c2ncc(C(=O)N3CCN(c4ccccc4F)CC3)cn2)C1. The molecule has 1 amide bonds. The predicted molar refractivity (Wildman–Crippen MR) is 107 cm³/mol. The minimum Gasteiger partial charge on any atom is -0.366 e. The molecule has 2 aliphatic rings. The van der Waals surface area contributed by atoms with Gasteiger partial charge >= 0.3 is 0 Å². The second kappa shape index (κ2) is 8.12. The first kappa shape index (κ1) is 18.7. The van der Waals surface area contributed by atoms with E-state index in [1.165, 1.54) is 12.5 Å². The molecule has 3 heterocycles. The summed E-state index contributed by atoms with van der Waals surface area (Å²) in [6.07, 6.45) is 5.66. The van der Waals surface area contributed by atoms with E-state index in [0.29, 0.717) is 49.3 Å². The van der Waals surface area contributed by atoms with Gasteiger partial charge in [0, 0.05) is 51.7 Å². The minimum atomic E-state index is -0.224. The standard InChI is InChI=1S/C21H26FN5O/c1-16-5-4-8-27(15-16)21-23-13-17(14-24-21)20(28)26-11-9-25(10-12-26)19-7-3-2-6-18(19)22/h2-3,6-7,13-14,16H,4-5,8-12,15H2,1H3. The van der Waals surface area contributed by atoms with Crippen molar-refractivity contribution in [1.29, 1.82) is 0 Å². The highest BCUT2D eigenvalue weighted by molar-refractivity contribution is 5.93. The topological polar surface area (TPSA) is 52.6 Å². The van der Waals surface area contributed by atoms with Gasteiger partial charge in [-0.2, -0.15) is 0 Å². The number of aromatic nitrogens is 2. The minimum absolute atomic E-state index is 0.0632. The van der Waals surface area contributed by atoms with E-state index in [2.05, 4.69) is 21.8 Å². The van der Waals surface area contributed by atoms with Crippen molar-refractivity contribution < 1.29 is 9.18 Å². The molecule has 1 aromatic carbocycles. The summed E-state index contributed by atoms with van der Waals surface area (Å²) in [6, 6.07) is 6.76. The summed E-state index contributed by atoms with van der Waals surface area (Å²) in [5, 5.41) is 0. The second-order valence-electron chi connectivity index (χ2n) is 7.70. The number of carbonyl (C=O) groups excluding carboxylic acids is 1. The summed E-state index contributed by atoms with van der Waals surface area (Å²) >= 11 is 0. The number of nitrogens with zero attached hydrogens (tertiary/aromatic N) is 5. The fourth-order valence-corrected chi connectivity index (χ4v) is 4.01. The fourth-order valence-electron chi connectivity index (χ4n) is 4.01. The molecular weight excluding hydrogens is 357 g/mol. The maximum atomic E-state index is 14.0. The van der Waals surface area contributed by atoms with Crippen LogP contribution in [0.25, 0.3) is 0 Å². The lowest BCUT2D eigenvalue weighted by Gasteiger charge is -2.36. The molecule has 2 aliphatic heterocycles. The Hall–Kier alpha value is -2.70. The maximum absolute atomic E-state index is 14.0. The van der Waals surface area contributed by atoms with E-state index < -0.39 is 0 Å². The monoisotopic (exact) mass is 383 g/mol. The Bertz CT molecular complexity index is 820. The van der Waals surface area contributed by atoms with Crippen LogP contribution in [0.3, 0.4) is 0 Å². The van der Waals surface area contributed by atoms with E-state index in [1.54, 1.807) is 29.4 Å². The lowest BCUT2D eigenvalue weighted by atomic mass is 10.0. The van der Waals surface area contributed by atoms with Crippen molar-refractivity contribution in [2.75, 3.05) is 49.1 Å².